The molecular weight excluding hydrogens is 426 g/mol. The number of aromatic nitrogens is 1. The summed E-state index contributed by atoms with van der Waals surface area (Å²) in [6.07, 6.45) is 1.57. The van der Waals surface area contributed by atoms with E-state index >= 15 is 0 Å². The van der Waals surface area contributed by atoms with Crippen molar-refractivity contribution in [3.05, 3.63) is 107 Å². The largest absolute Gasteiger partial charge is 0.425 e. The highest BCUT2D eigenvalue weighted by Gasteiger charge is 2.32. The molecule has 3 aromatic carbocycles. The fourth-order valence-electron chi connectivity index (χ4n) is 4.49. The van der Waals surface area contributed by atoms with Gasteiger partial charge in [-0.15, -0.1) is 0 Å². The van der Waals surface area contributed by atoms with Gasteiger partial charge in [-0.25, -0.2) is 4.98 Å². The first-order valence-corrected chi connectivity index (χ1v) is 11.4. The topological polar surface area (TPSA) is 78.6 Å². The third-order valence-corrected chi connectivity index (χ3v) is 6.31. The molecule has 1 aliphatic carbocycles. The zero-order chi connectivity index (χ0) is 23.7. The highest BCUT2D eigenvalue weighted by atomic mass is 16.4. The van der Waals surface area contributed by atoms with Gasteiger partial charge in [0.25, 0.3) is 5.91 Å². The van der Waals surface area contributed by atoms with Gasteiger partial charge in [-0.3, -0.25) is 4.79 Å². The predicted molar refractivity (Wildman–Crippen MR) is 132 cm³/mol. The van der Waals surface area contributed by atoms with Crippen molar-refractivity contribution in [1.82, 2.24) is 10.3 Å². The number of oxazole rings is 1. The maximum absolute atomic E-state index is 13.0. The second-order valence-corrected chi connectivity index (χ2v) is 8.77. The van der Waals surface area contributed by atoms with Crippen molar-refractivity contribution in [3.8, 4) is 11.1 Å². The number of aryl methyl sites for hydroxylation is 1. The maximum atomic E-state index is 13.0. The van der Waals surface area contributed by atoms with Crippen LogP contribution in [0.5, 0.6) is 0 Å². The summed E-state index contributed by atoms with van der Waals surface area (Å²) >= 11 is 0. The van der Waals surface area contributed by atoms with Crippen LogP contribution in [0, 0.1) is 6.92 Å². The van der Waals surface area contributed by atoms with Gasteiger partial charge in [0.15, 0.2) is 5.89 Å². The maximum Gasteiger partial charge on any atom is 0.251 e. The fourth-order valence-corrected chi connectivity index (χ4v) is 4.49. The van der Waals surface area contributed by atoms with Crippen LogP contribution in [0.2, 0.25) is 0 Å². The van der Waals surface area contributed by atoms with Crippen molar-refractivity contribution in [2.24, 2.45) is 0 Å². The molecule has 6 nitrogen and oxygen atoms in total. The first-order chi connectivity index (χ1) is 16.5. The number of anilines is 1. The van der Waals surface area contributed by atoms with E-state index in [0.717, 1.165) is 27.8 Å². The van der Waals surface area contributed by atoms with Crippen LogP contribution in [0.4, 0.5) is 5.88 Å². The number of carbonyl (C=O) groups is 1. The molecule has 1 amide bonds. The summed E-state index contributed by atoms with van der Waals surface area (Å²) in [5.74, 6) is 1.12. The van der Waals surface area contributed by atoms with E-state index in [1.165, 1.54) is 0 Å². The Balaban J connectivity index is 1.31. The summed E-state index contributed by atoms with van der Waals surface area (Å²) in [5.41, 5.74) is 5.81. The molecule has 0 fully saturated rings. The zero-order valence-electron chi connectivity index (χ0n) is 19.2. The summed E-state index contributed by atoms with van der Waals surface area (Å²) in [7, 11) is 1.94. The van der Waals surface area contributed by atoms with Gasteiger partial charge in [0.2, 0.25) is 5.88 Å². The molecule has 0 radical (unpaired) electrons. The van der Waals surface area contributed by atoms with E-state index < -0.39 is 12.1 Å². The Morgan fingerprint density at radius 1 is 1.09 bits per heavy atom. The molecule has 0 saturated carbocycles. The van der Waals surface area contributed by atoms with E-state index in [4.69, 9.17) is 4.42 Å². The number of hydrogen-bond donors (Lipinski definition) is 2. The van der Waals surface area contributed by atoms with Gasteiger partial charge in [-0.1, -0.05) is 60.7 Å². The Bertz CT molecular complexity index is 1300. The molecule has 172 valence electrons. The van der Waals surface area contributed by atoms with Crippen LogP contribution in [0.3, 0.4) is 0 Å². The lowest BCUT2D eigenvalue weighted by Gasteiger charge is -2.20. The van der Waals surface area contributed by atoms with Gasteiger partial charge in [0, 0.05) is 32.5 Å². The van der Waals surface area contributed by atoms with E-state index in [1.807, 2.05) is 79.5 Å². The molecule has 4 aromatic rings. The molecule has 0 spiro atoms. The van der Waals surface area contributed by atoms with Crippen LogP contribution in [0.25, 0.3) is 11.1 Å². The number of aliphatic hydroxyl groups is 1. The number of amides is 1. The van der Waals surface area contributed by atoms with Gasteiger partial charge >= 0.3 is 0 Å². The molecule has 1 aromatic heterocycles. The van der Waals surface area contributed by atoms with Crippen molar-refractivity contribution in [2.45, 2.75) is 32.0 Å². The van der Waals surface area contributed by atoms with Gasteiger partial charge in [-0.05, 0) is 39.9 Å². The Morgan fingerprint density at radius 3 is 2.53 bits per heavy atom. The fraction of sp³-hybridized carbons (Fsp3) is 0.214. The SMILES string of the molecule is Cc1ncc(N(C)Cc2ccc3c(c2)[C@@H](NC(=O)c2ccc(-c4ccccc4)cc2)[C@H](O)C3)o1. The van der Waals surface area contributed by atoms with Crippen molar-refractivity contribution in [3.63, 3.8) is 0 Å². The molecule has 5 rings (SSSR count). The van der Waals surface area contributed by atoms with Crippen molar-refractivity contribution < 1.29 is 14.3 Å². The first-order valence-electron chi connectivity index (χ1n) is 11.4. The lowest BCUT2D eigenvalue weighted by Crippen LogP contribution is -2.33. The summed E-state index contributed by atoms with van der Waals surface area (Å²) in [4.78, 5) is 19.1. The molecule has 34 heavy (non-hydrogen) atoms. The Hall–Kier alpha value is -3.90. The second-order valence-electron chi connectivity index (χ2n) is 8.77. The average Bonchev–Trinajstić information content (AvgIpc) is 3.42. The molecule has 0 unspecified atom stereocenters. The van der Waals surface area contributed by atoms with Crippen LogP contribution in [0.15, 0.2) is 83.4 Å². The third kappa shape index (κ3) is 4.45. The van der Waals surface area contributed by atoms with Crippen LogP contribution in [0.1, 0.15) is 39.0 Å². The number of nitrogens with one attached hydrogen (secondary N) is 1. The standard InChI is InChI=1S/C28H27N3O3/c1-18-29-16-26(34-18)31(2)17-19-8-9-23-15-25(32)27(24(23)14-19)30-28(33)22-12-10-21(11-13-22)20-6-4-3-5-7-20/h3-14,16,25,27,32H,15,17H2,1-2H3,(H,30,33)/t25-,27-/m1/s1. The summed E-state index contributed by atoms with van der Waals surface area (Å²) < 4.78 is 5.60. The molecule has 0 saturated heterocycles. The van der Waals surface area contributed by atoms with Crippen molar-refractivity contribution in [1.29, 1.82) is 0 Å². The van der Waals surface area contributed by atoms with Gasteiger partial charge < -0.3 is 19.7 Å². The Kier molecular flexibility index (Phi) is 5.90. The minimum absolute atomic E-state index is 0.198. The average molecular weight is 454 g/mol. The highest BCUT2D eigenvalue weighted by molar-refractivity contribution is 5.95. The number of fused-ring (bicyclic) bond motifs is 1. The van der Waals surface area contributed by atoms with Crippen LogP contribution < -0.4 is 10.2 Å². The summed E-state index contributed by atoms with van der Waals surface area (Å²) in [5, 5.41) is 13.7. The first kappa shape index (κ1) is 21.9. The van der Waals surface area contributed by atoms with E-state index in [0.29, 0.717) is 30.3 Å². The lowest BCUT2D eigenvalue weighted by atomic mass is 10.0. The monoisotopic (exact) mass is 453 g/mol. The molecule has 0 aliphatic heterocycles. The molecule has 2 N–H and O–H groups in total. The smallest absolute Gasteiger partial charge is 0.251 e. The summed E-state index contributed by atoms with van der Waals surface area (Å²) in [6.45, 7) is 2.44. The normalized spacial score (nSPS) is 16.8. The number of rotatable bonds is 6. The minimum Gasteiger partial charge on any atom is -0.425 e. The van der Waals surface area contributed by atoms with Crippen LogP contribution in [-0.2, 0) is 13.0 Å². The molecule has 1 aliphatic rings. The lowest BCUT2D eigenvalue weighted by molar-refractivity contribution is 0.0858. The third-order valence-electron chi connectivity index (χ3n) is 6.31. The minimum atomic E-state index is -0.660. The van der Waals surface area contributed by atoms with E-state index in [-0.39, 0.29) is 5.91 Å². The van der Waals surface area contributed by atoms with E-state index in [9.17, 15) is 9.90 Å². The summed E-state index contributed by atoms with van der Waals surface area (Å²) in [6, 6.07) is 23.3. The quantitative estimate of drug-likeness (QED) is 0.443. The number of nitrogens with zero attached hydrogens (tertiary/aromatic N) is 2. The van der Waals surface area contributed by atoms with Gasteiger partial charge in [0.05, 0.1) is 18.3 Å². The molecule has 6 heteroatoms. The highest BCUT2D eigenvalue weighted by Crippen LogP contribution is 2.33. The molecule has 0 bridgehead atoms. The van der Waals surface area contributed by atoms with Crippen molar-refractivity contribution in [2.75, 3.05) is 11.9 Å². The number of carbonyl (C=O) groups excluding carboxylic acids is 1. The number of hydrogen-bond acceptors (Lipinski definition) is 5. The molecule has 2 atom stereocenters. The molecular formula is C28H27N3O3. The van der Waals surface area contributed by atoms with Gasteiger partial charge in [0.1, 0.15) is 0 Å². The van der Waals surface area contributed by atoms with E-state index in [1.54, 1.807) is 6.20 Å². The number of benzene rings is 3. The zero-order valence-corrected chi connectivity index (χ0v) is 19.2. The molecule has 1 heterocycles. The van der Waals surface area contributed by atoms with E-state index in [2.05, 4.69) is 22.4 Å². The Labute approximate surface area is 198 Å². The Morgan fingerprint density at radius 2 is 1.82 bits per heavy atom. The van der Waals surface area contributed by atoms with Crippen LogP contribution in [-0.4, -0.2) is 29.1 Å². The van der Waals surface area contributed by atoms with Crippen molar-refractivity contribution >= 4 is 11.8 Å². The predicted octanol–water partition coefficient (Wildman–Crippen LogP) is 4.67. The van der Waals surface area contributed by atoms with Crippen LogP contribution >= 0.6 is 0 Å². The van der Waals surface area contributed by atoms with Gasteiger partial charge in [-0.2, -0.15) is 0 Å². The second kappa shape index (κ2) is 9.15. The number of aliphatic hydroxyl groups excluding tert-OH is 1.